The molecular weight excluding hydrogens is 272 g/mol. The standard InChI is InChI=1S/C20H14O2/c1-13-11-15-9-5-6-10-16(15)20-19(13)17(21)12-18(22-20)14-7-3-2-4-8-14/h2-12H,1H3. The Balaban J connectivity index is 2.17. The van der Waals surface area contributed by atoms with Gasteiger partial charge in [0.25, 0.3) is 0 Å². The van der Waals surface area contributed by atoms with E-state index in [0.717, 1.165) is 21.9 Å². The Morgan fingerprint density at radius 1 is 0.864 bits per heavy atom. The molecule has 0 radical (unpaired) electrons. The zero-order valence-corrected chi connectivity index (χ0v) is 12.2. The van der Waals surface area contributed by atoms with E-state index in [1.807, 2.05) is 67.6 Å². The minimum Gasteiger partial charge on any atom is -0.455 e. The number of hydrogen-bond donors (Lipinski definition) is 0. The fraction of sp³-hybridized carbons (Fsp3) is 0.0500. The van der Waals surface area contributed by atoms with Crippen LogP contribution in [0.5, 0.6) is 0 Å². The third kappa shape index (κ3) is 1.92. The first-order chi connectivity index (χ1) is 10.7. The van der Waals surface area contributed by atoms with Gasteiger partial charge < -0.3 is 4.42 Å². The molecule has 4 aromatic rings. The van der Waals surface area contributed by atoms with Crippen molar-refractivity contribution < 1.29 is 4.42 Å². The highest BCUT2D eigenvalue weighted by atomic mass is 16.3. The van der Waals surface area contributed by atoms with Gasteiger partial charge in [0.05, 0.1) is 5.39 Å². The molecule has 0 aliphatic rings. The average molecular weight is 286 g/mol. The van der Waals surface area contributed by atoms with Crippen LogP contribution in [0.2, 0.25) is 0 Å². The summed E-state index contributed by atoms with van der Waals surface area (Å²) in [5.74, 6) is 0.605. The molecule has 0 unspecified atom stereocenters. The Bertz CT molecular complexity index is 1040. The molecule has 2 heteroatoms. The molecule has 0 bridgehead atoms. The zero-order chi connectivity index (χ0) is 15.1. The highest BCUT2D eigenvalue weighted by molar-refractivity contribution is 6.05. The quantitative estimate of drug-likeness (QED) is 0.465. The molecule has 1 aromatic heterocycles. The van der Waals surface area contributed by atoms with E-state index in [4.69, 9.17) is 4.42 Å². The largest absolute Gasteiger partial charge is 0.455 e. The van der Waals surface area contributed by atoms with Crippen LogP contribution in [0, 0.1) is 6.92 Å². The van der Waals surface area contributed by atoms with E-state index in [9.17, 15) is 4.79 Å². The smallest absolute Gasteiger partial charge is 0.193 e. The van der Waals surface area contributed by atoms with Gasteiger partial charge in [-0.3, -0.25) is 4.79 Å². The first-order valence-electron chi connectivity index (χ1n) is 7.26. The molecule has 0 N–H and O–H groups in total. The molecule has 4 rings (SSSR count). The molecule has 1 heterocycles. The molecule has 0 saturated heterocycles. The Labute approximate surface area is 127 Å². The van der Waals surface area contributed by atoms with E-state index in [1.165, 1.54) is 0 Å². The van der Waals surface area contributed by atoms with Crippen molar-refractivity contribution in [2.75, 3.05) is 0 Å². The fourth-order valence-electron chi connectivity index (χ4n) is 2.94. The van der Waals surface area contributed by atoms with Gasteiger partial charge >= 0.3 is 0 Å². The summed E-state index contributed by atoms with van der Waals surface area (Å²) in [6.45, 7) is 1.95. The van der Waals surface area contributed by atoms with E-state index >= 15 is 0 Å². The first kappa shape index (κ1) is 12.8. The lowest BCUT2D eigenvalue weighted by Gasteiger charge is -2.08. The Hall–Kier alpha value is -2.87. The van der Waals surface area contributed by atoms with Gasteiger partial charge in [0.2, 0.25) is 0 Å². The third-order valence-electron chi connectivity index (χ3n) is 3.98. The summed E-state index contributed by atoms with van der Waals surface area (Å²) < 4.78 is 6.12. The van der Waals surface area contributed by atoms with Gasteiger partial charge in [-0.05, 0) is 17.9 Å². The van der Waals surface area contributed by atoms with Crippen molar-refractivity contribution in [1.82, 2.24) is 0 Å². The second-order valence-corrected chi connectivity index (χ2v) is 5.46. The number of rotatable bonds is 1. The lowest BCUT2D eigenvalue weighted by Crippen LogP contribution is -2.02. The average Bonchev–Trinajstić information content (AvgIpc) is 2.55. The normalized spacial score (nSPS) is 11.1. The van der Waals surface area contributed by atoms with Gasteiger partial charge in [0.1, 0.15) is 11.3 Å². The molecule has 0 amide bonds. The number of hydrogen-bond acceptors (Lipinski definition) is 2. The van der Waals surface area contributed by atoms with Crippen LogP contribution in [0.3, 0.4) is 0 Å². The molecule has 3 aromatic carbocycles. The number of benzene rings is 3. The summed E-state index contributed by atoms with van der Waals surface area (Å²) in [5, 5.41) is 2.72. The Kier molecular flexibility index (Phi) is 2.83. The van der Waals surface area contributed by atoms with Crippen molar-refractivity contribution in [3.05, 3.63) is 82.5 Å². The highest BCUT2D eigenvalue weighted by Gasteiger charge is 2.12. The van der Waals surface area contributed by atoms with Crippen molar-refractivity contribution in [2.24, 2.45) is 0 Å². The molecule has 22 heavy (non-hydrogen) atoms. The predicted molar refractivity (Wildman–Crippen MR) is 90.2 cm³/mol. The summed E-state index contributed by atoms with van der Waals surface area (Å²) in [6, 6.07) is 21.3. The van der Waals surface area contributed by atoms with E-state index in [2.05, 4.69) is 0 Å². The maximum Gasteiger partial charge on any atom is 0.193 e. The number of fused-ring (bicyclic) bond motifs is 3. The SMILES string of the molecule is Cc1cc2ccccc2c2oc(-c3ccccc3)cc(=O)c12. The minimum absolute atomic E-state index is 0.00311. The maximum absolute atomic E-state index is 12.6. The summed E-state index contributed by atoms with van der Waals surface area (Å²) in [7, 11) is 0. The zero-order valence-electron chi connectivity index (χ0n) is 12.2. The van der Waals surface area contributed by atoms with Gasteiger partial charge in [-0.25, -0.2) is 0 Å². The monoisotopic (exact) mass is 286 g/mol. The van der Waals surface area contributed by atoms with E-state index in [1.54, 1.807) is 6.07 Å². The Morgan fingerprint density at radius 2 is 1.59 bits per heavy atom. The predicted octanol–water partition coefficient (Wildman–Crippen LogP) is 4.92. The van der Waals surface area contributed by atoms with Crippen molar-refractivity contribution >= 4 is 21.7 Å². The van der Waals surface area contributed by atoms with Crippen LogP contribution < -0.4 is 5.43 Å². The van der Waals surface area contributed by atoms with Crippen LogP contribution in [0.25, 0.3) is 33.1 Å². The highest BCUT2D eigenvalue weighted by Crippen LogP contribution is 2.29. The first-order valence-corrected chi connectivity index (χ1v) is 7.26. The Morgan fingerprint density at radius 3 is 2.41 bits per heavy atom. The van der Waals surface area contributed by atoms with E-state index in [-0.39, 0.29) is 5.43 Å². The molecule has 0 saturated carbocycles. The summed E-state index contributed by atoms with van der Waals surface area (Å²) in [4.78, 5) is 12.6. The summed E-state index contributed by atoms with van der Waals surface area (Å²) in [5.41, 5.74) is 2.53. The van der Waals surface area contributed by atoms with Crippen molar-refractivity contribution in [3.8, 4) is 11.3 Å². The van der Waals surface area contributed by atoms with Crippen LogP contribution >= 0.6 is 0 Å². The van der Waals surface area contributed by atoms with Crippen LogP contribution in [0.15, 0.2) is 75.9 Å². The molecule has 0 spiro atoms. The van der Waals surface area contributed by atoms with Crippen molar-refractivity contribution in [3.63, 3.8) is 0 Å². The summed E-state index contributed by atoms with van der Waals surface area (Å²) in [6.07, 6.45) is 0. The molecule has 106 valence electrons. The van der Waals surface area contributed by atoms with E-state index < -0.39 is 0 Å². The second kappa shape index (κ2) is 4.85. The third-order valence-corrected chi connectivity index (χ3v) is 3.98. The van der Waals surface area contributed by atoms with Crippen LogP contribution in [-0.4, -0.2) is 0 Å². The fourth-order valence-corrected chi connectivity index (χ4v) is 2.94. The molecule has 0 atom stereocenters. The van der Waals surface area contributed by atoms with Crippen LogP contribution in [0.1, 0.15) is 5.56 Å². The van der Waals surface area contributed by atoms with Gasteiger partial charge in [-0.15, -0.1) is 0 Å². The van der Waals surface area contributed by atoms with Gasteiger partial charge in [0, 0.05) is 17.0 Å². The van der Waals surface area contributed by atoms with Crippen LogP contribution in [0.4, 0.5) is 0 Å². The maximum atomic E-state index is 12.6. The molecule has 0 aliphatic carbocycles. The van der Waals surface area contributed by atoms with Gasteiger partial charge in [-0.2, -0.15) is 0 Å². The second-order valence-electron chi connectivity index (χ2n) is 5.46. The minimum atomic E-state index is 0.00311. The van der Waals surface area contributed by atoms with Gasteiger partial charge in [0.15, 0.2) is 5.43 Å². The van der Waals surface area contributed by atoms with E-state index in [0.29, 0.717) is 16.7 Å². The van der Waals surface area contributed by atoms with Crippen LogP contribution in [-0.2, 0) is 0 Å². The number of aryl methyl sites for hydroxylation is 1. The topological polar surface area (TPSA) is 30.2 Å². The lowest BCUT2D eigenvalue weighted by atomic mass is 10.0. The lowest BCUT2D eigenvalue weighted by molar-refractivity contribution is 0.622. The molecule has 0 aliphatic heterocycles. The summed E-state index contributed by atoms with van der Waals surface area (Å²) >= 11 is 0. The van der Waals surface area contributed by atoms with Crippen molar-refractivity contribution in [2.45, 2.75) is 6.92 Å². The molecule has 0 fully saturated rings. The van der Waals surface area contributed by atoms with Crippen molar-refractivity contribution in [1.29, 1.82) is 0 Å². The molecule has 2 nitrogen and oxygen atoms in total. The molecular formula is C20H14O2. The van der Waals surface area contributed by atoms with Gasteiger partial charge in [-0.1, -0.05) is 60.7 Å².